The van der Waals surface area contributed by atoms with Crippen molar-refractivity contribution in [1.82, 2.24) is 10.3 Å². The van der Waals surface area contributed by atoms with Crippen LogP contribution in [0, 0.1) is 6.92 Å². The van der Waals surface area contributed by atoms with E-state index in [0.717, 1.165) is 34.9 Å². The molecule has 0 atom stereocenters. The van der Waals surface area contributed by atoms with Crippen LogP contribution in [0.15, 0.2) is 22.7 Å². The van der Waals surface area contributed by atoms with Crippen molar-refractivity contribution in [1.29, 1.82) is 0 Å². The van der Waals surface area contributed by atoms with Crippen LogP contribution < -0.4 is 5.32 Å². The Bertz CT molecular complexity index is 688. The van der Waals surface area contributed by atoms with Crippen molar-refractivity contribution in [3.05, 3.63) is 49.4 Å². The maximum Gasteiger partial charge on any atom is 0.251 e. The molecule has 1 N–H and O–H groups in total. The number of nitrogens with zero attached hydrogens (tertiary/aromatic N) is 1. The summed E-state index contributed by atoms with van der Waals surface area (Å²) in [4.78, 5) is 18.4. The number of benzene rings is 1. The molecule has 0 saturated carbocycles. The summed E-state index contributed by atoms with van der Waals surface area (Å²) in [6, 6.07) is 5.74. The molecule has 1 aliphatic carbocycles. The second kappa shape index (κ2) is 7.58. The second-order valence-corrected chi connectivity index (χ2v) is 8.09. The summed E-state index contributed by atoms with van der Waals surface area (Å²) in [6.45, 7) is 2.65. The van der Waals surface area contributed by atoms with Crippen LogP contribution in [0.5, 0.6) is 0 Å². The first-order valence-electron chi connectivity index (χ1n) is 8.15. The van der Waals surface area contributed by atoms with E-state index in [1.165, 1.54) is 34.8 Å². The fourth-order valence-corrected chi connectivity index (χ4v) is 4.61. The minimum atomic E-state index is 0.00781. The zero-order valence-corrected chi connectivity index (χ0v) is 15.7. The molecule has 0 fully saturated rings. The predicted octanol–water partition coefficient (Wildman–Crippen LogP) is 4.46. The van der Waals surface area contributed by atoms with Gasteiger partial charge in [0.25, 0.3) is 5.91 Å². The molecule has 23 heavy (non-hydrogen) atoms. The fourth-order valence-electron chi connectivity index (χ4n) is 2.93. The quantitative estimate of drug-likeness (QED) is 0.763. The smallest absolute Gasteiger partial charge is 0.251 e. The molecule has 2 aromatic rings. The molecule has 0 spiro atoms. The molecular formula is C18H21BrN2OS. The van der Waals surface area contributed by atoms with E-state index in [4.69, 9.17) is 4.98 Å². The van der Waals surface area contributed by atoms with Crippen LogP contribution in [-0.2, 0) is 19.3 Å². The van der Waals surface area contributed by atoms with E-state index in [1.54, 1.807) is 0 Å². The van der Waals surface area contributed by atoms with Gasteiger partial charge in [-0.1, -0.05) is 15.9 Å². The number of hydrogen-bond donors (Lipinski definition) is 1. The van der Waals surface area contributed by atoms with E-state index in [1.807, 2.05) is 36.5 Å². The van der Waals surface area contributed by atoms with E-state index in [9.17, 15) is 4.79 Å². The first-order chi connectivity index (χ1) is 11.1. The number of fused-ring (bicyclic) bond motifs is 1. The number of amides is 1. The van der Waals surface area contributed by atoms with E-state index in [2.05, 4.69) is 21.2 Å². The lowest BCUT2D eigenvalue weighted by atomic mass is 10.0. The Hall–Kier alpha value is -1.20. The van der Waals surface area contributed by atoms with Crippen molar-refractivity contribution in [3.63, 3.8) is 0 Å². The molecule has 3 nitrogen and oxygen atoms in total. The van der Waals surface area contributed by atoms with Gasteiger partial charge in [-0.15, -0.1) is 11.3 Å². The zero-order valence-electron chi connectivity index (χ0n) is 13.3. The number of thiazole rings is 1. The lowest BCUT2D eigenvalue weighted by molar-refractivity contribution is 0.0952. The number of carbonyl (C=O) groups is 1. The summed E-state index contributed by atoms with van der Waals surface area (Å²) < 4.78 is 0.999. The molecular weight excluding hydrogens is 372 g/mol. The number of aryl methyl sites for hydroxylation is 4. The van der Waals surface area contributed by atoms with Crippen molar-refractivity contribution in [2.45, 2.75) is 45.4 Å². The van der Waals surface area contributed by atoms with E-state index >= 15 is 0 Å². The number of nitrogens with one attached hydrogen (secondary N) is 1. The second-order valence-electron chi connectivity index (χ2n) is 6.00. The predicted molar refractivity (Wildman–Crippen MR) is 98.3 cm³/mol. The molecule has 3 rings (SSSR count). The maximum atomic E-state index is 12.2. The van der Waals surface area contributed by atoms with Gasteiger partial charge in [0.1, 0.15) is 0 Å². The van der Waals surface area contributed by atoms with Gasteiger partial charge in [-0.25, -0.2) is 4.98 Å². The molecule has 1 aromatic heterocycles. The van der Waals surface area contributed by atoms with Crippen molar-refractivity contribution in [2.75, 3.05) is 6.54 Å². The third kappa shape index (κ3) is 4.21. The lowest BCUT2D eigenvalue weighted by Gasteiger charge is -2.07. The lowest BCUT2D eigenvalue weighted by Crippen LogP contribution is -2.25. The highest BCUT2D eigenvalue weighted by molar-refractivity contribution is 9.10. The highest BCUT2D eigenvalue weighted by Crippen LogP contribution is 2.27. The third-order valence-electron chi connectivity index (χ3n) is 4.18. The van der Waals surface area contributed by atoms with Crippen molar-refractivity contribution in [2.24, 2.45) is 0 Å². The number of aromatic nitrogens is 1. The number of halogens is 1. The molecule has 1 amide bonds. The average Bonchev–Trinajstić information content (AvgIpc) is 2.94. The molecule has 0 aliphatic heterocycles. The SMILES string of the molecule is Cc1cc(Br)ccc1C(=O)NCCCc1nc2c(s1)CCCC2. The van der Waals surface area contributed by atoms with E-state index < -0.39 is 0 Å². The van der Waals surface area contributed by atoms with Crippen LogP contribution in [0.1, 0.15) is 50.8 Å². The number of carbonyl (C=O) groups excluding carboxylic acids is 1. The van der Waals surface area contributed by atoms with Gasteiger partial charge < -0.3 is 5.32 Å². The van der Waals surface area contributed by atoms with Crippen LogP contribution in [0.4, 0.5) is 0 Å². The first-order valence-corrected chi connectivity index (χ1v) is 9.76. The summed E-state index contributed by atoms with van der Waals surface area (Å²) in [5.74, 6) is 0.00781. The summed E-state index contributed by atoms with van der Waals surface area (Å²) in [6.07, 6.45) is 6.82. The summed E-state index contributed by atoms with van der Waals surface area (Å²) >= 11 is 5.29. The van der Waals surface area contributed by atoms with Gasteiger partial charge in [0, 0.05) is 27.9 Å². The Kier molecular flexibility index (Phi) is 5.49. The minimum Gasteiger partial charge on any atom is -0.352 e. The molecule has 0 saturated heterocycles. The molecule has 1 aliphatic rings. The van der Waals surface area contributed by atoms with Crippen LogP contribution in [0.25, 0.3) is 0 Å². The fraction of sp³-hybridized carbons (Fsp3) is 0.444. The molecule has 1 aromatic carbocycles. The Balaban J connectivity index is 1.47. The molecule has 5 heteroatoms. The molecule has 0 unspecified atom stereocenters. The van der Waals surface area contributed by atoms with Gasteiger partial charge in [-0.05, 0) is 62.8 Å². The average molecular weight is 393 g/mol. The Morgan fingerprint density at radius 1 is 1.35 bits per heavy atom. The summed E-state index contributed by atoms with van der Waals surface area (Å²) in [5.41, 5.74) is 3.06. The van der Waals surface area contributed by atoms with Crippen molar-refractivity contribution in [3.8, 4) is 0 Å². The third-order valence-corrected chi connectivity index (χ3v) is 5.89. The maximum absolute atomic E-state index is 12.2. The van der Waals surface area contributed by atoms with Crippen LogP contribution in [0.2, 0.25) is 0 Å². The standard InChI is InChI=1S/C18H21BrN2OS/c1-12-11-13(19)8-9-14(12)18(22)20-10-4-7-17-21-15-5-2-3-6-16(15)23-17/h8-9,11H,2-7,10H2,1H3,(H,20,22). The largest absolute Gasteiger partial charge is 0.352 e. The Labute approximate surface area is 149 Å². The van der Waals surface area contributed by atoms with E-state index in [-0.39, 0.29) is 5.91 Å². The van der Waals surface area contributed by atoms with Crippen LogP contribution in [0.3, 0.4) is 0 Å². The summed E-state index contributed by atoms with van der Waals surface area (Å²) in [7, 11) is 0. The van der Waals surface area contributed by atoms with Gasteiger partial charge in [0.15, 0.2) is 0 Å². The Morgan fingerprint density at radius 2 is 2.17 bits per heavy atom. The van der Waals surface area contributed by atoms with Gasteiger partial charge >= 0.3 is 0 Å². The topological polar surface area (TPSA) is 42.0 Å². The molecule has 1 heterocycles. The number of hydrogen-bond acceptors (Lipinski definition) is 3. The molecule has 0 bridgehead atoms. The van der Waals surface area contributed by atoms with Crippen LogP contribution >= 0.6 is 27.3 Å². The molecule has 0 radical (unpaired) electrons. The minimum absolute atomic E-state index is 0.00781. The molecule has 122 valence electrons. The first kappa shape index (κ1) is 16.7. The normalized spacial score (nSPS) is 13.7. The van der Waals surface area contributed by atoms with Gasteiger partial charge in [0.2, 0.25) is 0 Å². The van der Waals surface area contributed by atoms with Gasteiger partial charge in [-0.3, -0.25) is 4.79 Å². The van der Waals surface area contributed by atoms with Crippen molar-refractivity contribution < 1.29 is 4.79 Å². The highest BCUT2D eigenvalue weighted by Gasteiger charge is 2.15. The van der Waals surface area contributed by atoms with Crippen molar-refractivity contribution >= 4 is 33.2 Å². The Morgan fingerprint density at radius 3 is 2.96 bits per heavy atom. The van der Waals surface area contributed by atoms with E-state index in [0.29, 0.717) is 6.54 Å². The number of rotatable bonds is 5. The highest BCUT2D eigenvalue weighted by atomic mass is 79.9. The van der Waals surface area contributed by atoms with Crippen LogP contribution in [-0.4, -0.2) is 17.4 Å². The zero-order chi connectivity index (χ0) is 16.2. The van der Waals surface area contributed by atoms with Gasteiger partial charge in [-0.2, -0.15) is 0 Å². The monoisotopic (exact) mass is 392 g/mol. The summed E-state index contributed by atoms with van der Waals surface area (Å²) in [5, 5.41) is 4.24. The van der Waals surface area contributed by atoms with Gasteiger partial charge in [0.05, 0.1) is 10.7 Å².